The van der Waals surface area contributed by atoms with E-state index in [4.69, 9.17) is 9.47 Å². The maximum Gasteiger partial charge on any atom is 0.261 e. The summed E-state index contributed by atoms with van der Waals surface area (Å²) in [5.74, 6) is -0.702. The number of imide groups is 1. The summed E-state index contributed by atoms with van der Waals surface area (Å²) < 4.78 is 11.6. The van der Waals surface area contributed by atoms with Crippen LogP contribution in [0.25, 0.3) is 0 Å². The minimum atomic E-state index is -0.939. The molecule has 2 aromatic carbocycles. The van der Waals surface area contributed by atoms with Crippen LogP contribution in [0.5, 0.6) is 0 Å². The lowest BCUT2D eigenvalue weighted by Gasteiger charge is -2.17. The molecule has 2 aromatic rings. The Morgan fingerprint density at radius 3 is 1.67 bits per heavy atom. The molecule has 1 saturated heterocycles. The third-order valence-corrected chi connectivity index (χ3v) is 4.40. The van der Waals surface area contributed by atoms with Crippen LogP contribution in [0.4, 0.5) is 0 Å². The van der Waals surface area contributed by atoms with E-state index in [1.165, 1.54) is 4.90 Å². The van der Waals surface area contributed by atoms with Crippen molar-refractivity contribution in [2.75, 3.05) is 6.54 Å². The first-order valence-corrected chi connectivity index (χ1v) is 8.98. The van der Waals surface area contributed by atoms with Gasteiger partial charge in [-0.1, -0.05) is 66.7 Å². The molecule has 0 aliphatic carbocycles. The van der Waals surface area contributed by atoms with Gasteiger partial charge in [-0.3, -0.25) is 14.5 Å². The van der Waals surface area contributed by atoms with Crippen molar-refractivity contribution in [2.24, 2.45) is 0 Å². The number of ether oxygens (including phenoxy) is 2. The van der Waals surface area contributed by atoms with Crippen molar-refractivity contribution in [2.45, 2.75) is 31.8 Å². The predicted octanol–water partition coefficient (Wildman–Crippen LogP) is 3.10. The zero-order valence-corrected chi connectivity index (χ0v) is 15.1. The van der Waals surface area contributed by atoms with E-state index >= 15 is 0 Å². The SMILES string of the molecule is C=CCCN1C(=O)[C@H](OCc2ccccc2)[C@@H](OCc2ccccc2)C1=O. The highest BCUT2D eigenvalue weighted by molar-refractivity contribution is 6.08. The molecule has 0 unspecified atom stereocenters. The van der Waals surface area contributed by atoms with Crippen molar-refractivity contribution in [3.63, 3.8) is 0 Å². The van der Waals surface area contributed by atoms with Gasteiger partial charge in [-0.05, 0) is 17.5 Å². The summed E-state index contributed by atoms with van der Waals surface area (Å²) in [7, 11) is 0. The van der Waals surface area contributed by atoms with E-state index in [2.05, 4.69) is 6.58 Å². The van der Waals surface area contributed by atoms with Gasteiger partial charge in [0.1, 0.15) is 0 Å². The molecule has 0 N–H and O–H groups in total. The minimum Gasteiger partial charge on any atom is -0.360 e. The molecule has 2 atom stereocenters. The van der Waals surface area contributed by atoms with Crippen LogP contribution < -0.4 is 0 Å². The monoisotopic (exact) mass is 365 g/mol. The topological polar surface area (TPSA) is 55.8 Å². The van der Waals surface area contributed by atoms with Gasteiger partial charge in [-0.25, -0.2) is 0 Å². The lowest BCUT2D eigenvalue weighted by Crippen LogP contribution is -2.34. The van der Waals surface area contributed by atoms with Gasteiger partial charge >= 0.3 is 0 Å². The first-order valence-electron chi connectivity index (χ1n) is 8.98. The van der Waals surface area contributed by atoms with Crippen LogP contribution in [0.15, 0.2) is 73.3 Å². The smallest absolute Gasteiger partial charge is 0.261 e. The number of carbonyl (C=O) groups excluding carboxylic acids is 2. The second-order valence-electron chi connectivity index (χ2n) is 6.34. The van der Waals surface area contributed by atoms with Crippen LogP contribution in [-0.2, 0) is 32.3 Å². The quantitative estimate of drug-likeness (QED) is 0.506. The van der Waals surface area contributed by atoms with Gasteiger partial charge < -0.3 is 9.47 Å². The molecule has 3 rings (SSSR count). The molecule has 2 amide bonds. The third kappa shape index (κ3) is 4.70. The summed E-state index contributed by atoms with van der Waals surface area (Å²) in [6.07, 6.45) is 0.338. The first kappa shape index (κ1) is 19.0. The lowest BCUT2D eigenvalue weighted by atomic mass is 10.2. The van der Waals surface area contributed by atoms with Gasteiger partial charge in [0, 0.05) is 6.54 Å². The van der Waals surface area contributed by atoms with Crippen LogP contribution in [-0.4, -0.2) is 35.5 Å². The van der Waals surface area contributed by atoms with Crippen LogP contribution in [0.3, 0.4) is 0 Å². The highest BCUT2D eigenvalue weighted by Gasteiger charge is 2.49. The standard InChI is InChI=1S/C22H23NO4/c1-2-3-14-23-21(24)19(26-15-17-10-6-4-7-11-17)20(22(23)25)27-16-18-12-8-5-9-13-18/h2,4-13,19-20H,1,3,14-16H2/t19-,20-/m1/s1. The fourth-order valence-corrected chi connectivity index (χ4v) is 2.95. The normalized spacial score (nSPS) is 19.5. The maximum absolute atomic E-state index is 12.7. The number of benzene rings is 2. The number of nitrogens with zero attached hydrogens (tertiary/aromatic N) is 1. The Morgan fingerprint density at radius 2 is 1.26 bits per heavy atom. The van der Waals surface area contributed by atoms with Crippen molar-refractivity contribution in [3.8, 4) is 0 Å². The van der Waals surface area contributed by atoms with E-state index in [-0.39, 0.29) is 31.6 Å². The molecule has 0 saturated carbocycles. The molecule has 0 radical (unpaired) electrons. The Balaban J connectivity index is 1.71. The van der Waals surface area contributed by atoms with E-state index in [0.29, 0.717) is 6.42 Å². The fraction of sp³-hybridized carbons (Fsp3) is 0.273. The Morgan fingerprint density at radius 1 is 0.815 bits per heavy atom. The summed E-state index contributed by atoms with van der Waals surface area (Å²) >= 11 is 0. The number of likely N-dealkylation sites (tertiary alicyclic amines) is 1. The molecule has 5 heteroatoms. The van der Waals surface area contributed by atoms with Crippen LogP contribution in [0.2, 0.25) is 0 Å². The molecule has 0 aromatic heterocycles. The lowest BCUT2D eigenvalue weighted by molar-refractivity contribution is -0.142. The van der Waals surface area contributed by atoms with Gasteiger partial charge in [0.05, 0.1) is 13.2 Å². The Labute approximate surface area is 159 Å². The molecular weight excluding hydrogens is 342 g/mol. The third-order valence-electron chi connectivity index (χ3n) is 4.40. The summed E-state index contributed by atoms with van der Waals surface area (Å²) in [5, 5.41) is 0. The van der Waals surface area contributed by atoms with Crippen molar-refractivity contribution < 1.29 is 19.1 Å². The predicted molar refractivity (Wildman–Crippen MR) is 102 cm³/mol. The van der Waals surface area contributed by atoms with Crippen molar-refractivity contribution >= 4 is 11.8 Å². The Kier molecular flexibility index (Phi) is 6.52. The molecule has 27 heavy (non-hydrogen) atoms. The molecule has 1 heterocycles. The Bertz CT molecular complexity index is 714. The van der Waals surface area contributed by atoms with E-state index < -0.39 is 12.2 Å². The largest absolute Gasteiger partial charge is 0.360 e. The summed E-state index contributed by atoms with van der Waals surface area (Å²) in [6, 6.07) is 19.1. The van der Waals surface area contributed by atoms with Crippen LogP contribution in [0.1, 0.15) is 17.5 Å². The van der Waals surface area contributed by atoms with Gasteiger partial charge in [0.25, 0.3) is 11.8 Å². The number of hydrogen-bond acceptors (Lipinski definition) is 4. The Hall–Kier alpha value is -2.76. The van der Waals surface area contributed by atoms with Gasteiger partial charge in [-0.15, -0.1) is 6.58 Å². The molecule has 1 aliphatic rings. The second-order valence-corrected chi connectivity index (χ2v) is 6.34. The van der Waals surface area contributed by atoms with E-state index in [0.717, 1.165) is 11.1 Å². The maximum atomic E-state index is 12.7. The number of amides is 2. The average Bonchev–Trinajstić information content (AvgIpc) is 2.93. The summed E-state index contributed by atoms with van der Waals surface area (Å²) in [6.45, 7) is 4.42. The molecule has 1 aliphatic heterocycles. The molecule has 1 fully saturated rings. The van der Waals surface area contributed by atoms with Gasteiger partial charge in [0.2, 0.25) is 0 Å². The molecule has 0 bridgehead atoms. The number of hydrogen-bond donors (Lipinski definition) is 0. The van der Waals surface area contributed by atoms with E-state index in [9.17, 15) is 9.59 Å². The zero-order valence-electron chi connectivity index (χ0n) is 15.1. The number of rotatable bonds is 9. The summed E-state index contributed by atoms with van der Waals surface area (Å²) in [5.41, 5.74) is 1.87. The summed E-state index contributed by atoms with van der Waals surface area (Å²) in [4.78, 5) is 26.7. The van der Waals surface area contributed by atoms with Crippen molar-refractivity contribution in [3.05, 3.63) is 84.4 Å². The molecule has 5 nitrogen and oxygen atoms in total. The van der Waals surface area contributed by atoms with Gasteiger partial charge in [0.15, 0.2) is 12.2 Å². The molecule has 0 spiro atoms. The van der Waals surface area contributed by atoms with Crippen LogP contribution >= 0.6 is 0 Å². The molecular formula is C22H23NO4. The average molecular weight is 365 g/mol. The fourth-order valence-electron chi connectivity index (χ4n) is 2.95. The first-order chi connectivity index (χ1) is 13.2. The van der Waals surface area contributed by atoms with Crippen LogP contribution in [0, 0.1) is 0 Å². The van der Waals surface area contributed by atoms with E-state index in [1.54, 1.807) is 6.08 Å². The second kappa shape index (κ2) is 9.26. The zero-order chi connectivity index (χ0) is 19.1. The molecule has 140 valence electrons. The highest BCUT2D eigenvalue weighted by atomic mass is 16.6. The minimum absolute atomic E-state index is 0.241. The number of carbonyl (C=O) groups is 2. The highest BCUT2D eigenvalue weighted by Crippen LogP contribution is 2.23. The van der Waals surface area contributed by atoms with E-state index in [1.807, 2.05) is 60.7 Å². The van der Waals surface area contributed by atoms with Crippen molar-refractivity contribution in [1.29, 1.82) is 0 Å². The van der Waals surface area contributed by atoms with Crippen molar-refractivity contribution in [1.82, 2.24) is 4.90 Å². The van der Waals surface area contributed by atoms with Gasteiger partial charge in [-0.2, -0.15) is 0 Å².